The molecule has 0 bridgehead atoms. The van der Waals surface area contributed by atoms with E-state index in [0.29, 0.717) is 0 Å². The first kappa shape index (κ1) is 29.0. The van der Waals surface area contributed by atoms with E-state index in [9.17, 15) is 40.1 Å². The molecule has 2 aliphatic rings. The maximum Gasteiger partial charge on any atom is 0.382 e. The molecule has 0 aromatic heterocycles. The third-order valence-corrected chi connectivity index (χ3v) is 6.62. The first-order chi connectivity index (χ1) is 17.1. The number of nitrogens with two attached hydrogens (primary N) is 1. The minimum Gasteiger partial charge on any atom is -0.435 e. The highest BCUT2D eigenvalue weighted by atomic mass is 19.1. The summed E-state index contributed by atoms with van der Waals surface area (Å²) in [4.78, 5) is 1.48. The van der Waals surface area contributed by atoms with Crippen LogP contribution in [0.25, 0.3) is 0 Å². The molecule has 2 aromatic rings. The zero-order valence-corrected chi connectivity index (χ0v) is 20.4. The molecular formula is C24H34FN3O9. The normalized spacial score (nSPS) is 22.9. The molecule has 2 aromatic carbocycles. The number of hydrogen-bond acceptors (Lipinski definition) is 12. The Morgan fingerprint density at radius 2 is 1.78 bits per heavy atom. The first-order valence-electron chi connectivity index (χ1n) is 11.7. The van der Waals surface area contributed by atoms with Crippen molar-refractivity contribution in [3.63, 3.8) is 0 Å². The average Bonchev–Trinajstić information content (AvgIpc) is 3.07. The Bertz CT molecular complexity index is 1080. The van der Waals surface area contributed by atoms with Crippen LogP contribution in [-0.2, 0) is 0 Å². The second-order valence-electron chi connectivity index (χ2n) is 9.20. The van der Waals surface area contributed by atoms with Gasteiger partial charge in [0, 0.05) is 18.9 Å². The van der Waals surface area contributed by atoms with E-state index < -0.39 is 35.3 Å². The van der Waals surface area contributed by atoms with Crippen LogP contribution in [-0.4, -0.2) is 83.4 Å². The summed E-state index contributed by atoms with van der Waals surface area (Å²) in [6.45, 7) is 2.82. The lowest BCUT2D eigenvalue weighted by atomic mass is 9.85. The van der Waals surface area contributed by atoms with Gasteiger partial charge in [0.05, 0.1) is 17.9 Å². The number of hydrogen-bond donors (Lipinski definition) is 10. The van der Waals surface area contributed by atoms with E-state index in [4.69, 9.17) is 10.8 Å². The van der Waals surface area contributed by atoms with Crippen LogP contribution in [0.4, 0.5) is 15.8 Å². The molecule has 206 valence electrons. The SMILES string of the molecule is CC(O)C(O)(O)C(O)(O)Oc1ccc(F)cc1.CCC1c2cccc3c2N(C(O)(O)CN3)C1(N)CCO. The zero-order chi connectivity index (χ0) is 27.8. The molecule has 0 spiro atoms. The summed E-state index contributed by atoms with van der Waals surface area (Å²) < 4.78 is 17.0. The fourth-order valence-corrected chi connectivity index (χ4v) is 4.73. The number of halogens is 1. The Kier molecular flexibility index (Phi) is 8.05. The summed E-state index contributed by atoms with van der Waals surface area (Å²) in [7, 11) is 0. The van der Waals surface area contributed by atoms with E-state index >= 15 is 0 Å². The van der Waals surface area contributed by atoms with Gasteiger partial charge in [0.15, 0.2) is 0 Å². The molecular weight excluding hydrogens is 493 g/mol. The van der Waals surface area contributed by atoms with Crippen molar-refractivity contribution in [1.29, 1.82) is 0 Å². The van der Waals surface area contributed by atoms with Crippen molar-refractivity contribution < 1.29 is 50.0 Å². The number of ether oxygens (including phenoxy) is 1. The maximum absolute atomic E-state index is 12.6. The molecule has 0 fully saturated rings. The van der Waals surface area contributed by atoms with Gasteiger partial charge in [-0.05, 0) is 49.2 Å². The molecule has 12 nitrogen and oxygen atoms in total. The zero-order valence-electron chi connectivity index (χ0n) is 20.4. The molecule has 0 radical (unpaired) electrons. The van der Waals surface area contributed by atoms with E-state index in [1.807, 2.05) is 25.1 Å². The van der Waals surface area contributed by atoms with Gasteiger partial charge in [0.2, 0.25) is 0 Å². The number of nitrogens with zero attached hydrogens (tertiary/aromatic N) is 1. The number of aliphatic hydroxyl groups excluding tert-OH is 2. The molecule has 13 heteroatoms. The summed E-state index contributed by atoms with van der Waals surface area (Å²) in [5.74, 6) is -9.65. The third-order valence-electron chi connectivity index (χ3n) is 6.62. The monoisotopic (exact) mass is 527 g/mol. The smallest absolute Gasteiger partial charge is 0.382 e. The lowest BCUT2D eigenvalue weighted by Crippen LogP contribution is -2.69. The highest BCUT2D eigenvalue weighted by Crippen LogP contribution is 2.54. The van der Waals surface area contributed by atoms with Crippen molar-refractivity contribution in [1.82, 2.24) is 0 Å². The molecule has 2 heterocycles. The van der Waals surface area contributed by atoms with Gasteiger partial charge in [-0.3, -0.25) is 4.90 Å². The van der Waals surface area contributed by atoms with Crippen molar-refractivity contribution in [2.75, 3.05) is 23.4 Å². The molecule has 0 saturated carbocycles. The second kappa shape index (κ2) is 10.3. The van der Waals surface area contributed by atoms with Crippen molar-refractivity contribution in [2.24, 2.45) is 5.73 Å². The Morgan fingerprint density at radius 1 is 1.16 bits per heavy atom. The highest BCUT2D eigenvalue weighted by Gasteiger charge is 2.57. The second-order valence-corrected chi connectivity index (χ2v) is 9.20. The predicted molar refractivity (Wildman–Crippen MR) is 129 cm³/mol. The van der Waals surface area contributed by atoms with Gasteiger partial charge in [0.1, 0.15) is 23.3 Å². The van der Waals surface area contributed by atoms with Crippen LogP contribution in [0.15, 0.2) is 42.5 Å². The van der Waals surface area contributed by atoms with Crippen LogP contribution < -0.4 is 20.7 Å². The van der Waals surface area contributed by atoms with Gasteiger partial charge in [0.25, 0.3) is 11.7 Å². The number of nitrogens with one attached hydrogen (secondary N) is 1. The van der Waals surface area contributed by atoms with Crippen molar-refractivity contribution in [3.8, 4) is 5.75 Å². The molecule has 0 saturated heterocycles. The van der Waals surface area contributed by atoms with Crippen molar-refractivity contribution >= 4 is 11.4 Å². The van der Waals surface area contributed by atoms with Gasteiger partial charge in [-0.15, -0.1) is 0 Å². The van der Waals surface area contributed by atoms with Gasteiger partial charge in [-0.25, -0.2) is 4.39 Å². The lowest BCUT2D eigenvalue weighted by molar-refractivity contribution is -0.450. The number of anilines is 2. The number of aliphatic hydroxyl groups is 8. The van der Waals surface area contributed by atoms with Crippen molar-refractivity contribution in [3.05, 3.63) is 53.8 Å². The van der Waals surface area contributed by atoms with Crippen molar-refractivity contribution in [2.45, 2.75) is 62.0 Å². The minimum atomic E-state index is -3.45. The number of β-amino-alcohol motifs (C(OH)–C–C–N with tert-alkyl or cyclic N) is 2. The average molecular weight is 528 g/mol. The van der Waals surface area contributed by atoms with Crippen LogP contribution >= 0.6 is 0 Å². The Hall–Kier alpha value is -2.59. The summed E-state index contributed by atoms with van der Waals surface area (Å²) >= 11 is 0. The highest BCUT2D eigenvalue weighted by molar-refractivity contribution is 5.81. The predicted octanol–water partition coefficient (Wildman–Crippen LogP) is -0.994. The quantitative estimate of drug-likeness (QED) is 0.197. The third kappa shape index (κ3) is 5.23. The number of benzene rings is 2. The van der Waals surface area contributed by atoms with E-state index in [2.05, 4.69) is 10.1 Å². The molecule has 0 aliphatic carbocycles. The molecule has 3 atom stereocenters. The minimum absolute atomic E-state index is 0.0235. The van der Waals surface area contributed by atoms with Crippen LogP contribution in [0.5, 0.6) is 5.75 Å². The van der Waals surface area contributed by atoms with Gasteiger partial charge in [-0.1, -0.05) is 19.1 Å². The first-order valence-corrected chi connectivity index (χ1v) is 11.7. The molecule has 4 rings (SSSR count). The lowest BCUT2D eigenvalue weighted by Gasteiger charge is -2.49. The van der Waals surface area contributed by atoms with Crippen LogP contribution in [0.2, 0.25) is 0 Å². The Morgan fingerprint density at radius 3 is 2.32 bits per heavy atom. The van der Waals surface area contributed by atoms with E-state index in [1.54, 1.807) is 0 Å². The van der Waals surface area contributed by atoms with Crippen LogP contribution in [0, 0.1) is 5.82 Å². The summed E-state index contributed by atoms with van der Waals surface area (Å²) in [5.41, 5.74) is 8.13. The summed E-state index contributed by atoms with van der Waals surface area (Å²) in [6.07, 6.45) is -0.847. The number of rotatable bonds is 7. The summed E-state index contributed by atoms with van der Waals surface area (Å²) in [6, 6.07) is 9.86. The van der Waals surface area contributed by atoms with E-state index in [1.165, 1.54) is 4.90 Å². The topological polar surface area (TPSA) is 212 Å². The molecule has 11 N–H and O–H groups in total. The fourth-order valence-electron chi connectivity index (χ4n) is 4.73. The van der Waals surface area contributed by atoms with Gasteiger partial charge in [-0.2, -0.15) is 0 Å². The van der Waals surface area contributed by atoms with E-state index in [-0.39, 0.29) is 31.2 Å². The molecule has 0 amide bonds. The Labute approximate surface area is 212 Å². The largest absolute Gasteiger partial charge is 0.435 e. The molecule has 2 aliphatic heterocycles. The maximum atomic E-state index is 12.6. The number of para-hydroxylation sites is 1. The molecule has 3 unspecified atom stereocenters. The van der Waals surface area contributed by atoms with E-state index in [0.717, 1.165) is 54.5 Å². The standard InChI is InChI=1S/C14H21N3O3.C10H13FO6/c1-2-10-9-4-3-5-11-12(9)17(13(10,15)6-7-18)14(19,20)8-16-11;1-6(12)9(13,14)10(15,16)17-8-4-2-7(11)3-5-8/h3-5,10,16,18-20H,2,6-8,15H2,1H3;2-6,12-16H,1H3. The summed E-state index contributed by atoms with van der Waals surface area (Å²) in [5, 5.41) is 79.2. The molecule has 37 heavy (non-hydrogen) atoms. The van der Waals surface area contributed by atoms with Gasteiger partial charge < -0.3 is 56.6 Å². The van der Waals surface area contributed by atoms with Crippen LogP contribution in [0.1, 0.15) is 38.2 Å². The van der Waals surface area contributed by atoms with Gasteiger partial charge >= 0.3 is 5.97 Å². The fraction of sp³-hybridized carbons (Fsp3) is 0.500. The Balaban J connectivity index is 0.000000209. The van der Waals surface area contributed by atoms with Crippen LogP contribution in [0.3, 0.4) is 0 Å².